The number of ether oxygens (including phenoxy) is 1. The van der Waals surface area contributed by atoms with E-state index in [1.54, 1.807) is 0 Å². The highest BCUT2D eigenvalue weighted by Crippen LogP contribution is 2.07. The summed E-state index contributed by atoms with van der Waals surface area (Å²) < 4.78 is 5.46. The molecule has 3 nitrogen and oxygen atoms in total. The molecule has 0 spiro atoms. The average molecular weight is 214 g/mol. The molecule has 0 aromatic rings. The van der Waals surface area contributed by atoms with Crippen LogP contribution in [0.2, 0.25) is 0 Å². The number of hydrogen-bond donors (Lipinski definition) is 1. The standard InChI is InChI=1S/C12H26N2O/c1-3-6-13-7-5-12(2)14-8-4-10-15-11-9-14/h12-13H,3-11H2,1-2H3. The molecule has 0 amide bonds. The van der Waals surface area contributed by atoms with Crippen molar-refractivity contribution in [3.63, 3.8) is 0 Å². The van der Waals surface area contributed by atoms with Crippen molar-refractivity contribution in [1.29, 1.82) is 0 Å². The quantitative estimate of drug-likeness (QED) is 0.678. The zero-order valence-electron chi connectivity index (χ0n) is 10.3. The van der Waals surface area contributed by atoms with E-state index < -0.39 is 0 Å². The van der Waals surface area contributed by atoms with Gasteiger partial charge in [0.15, 0.2) is 0 Å². The Morgan fingerprint density at radius 1 is 1.27 bits per heavy atom. The SMILES string of the molecule is CCCNCCC(C)N1CCCOCC1. The van der Waals surface area contributed by atoms with Crippen LogP contribution in [0.4, 0.5) is 0 Å². The van der Waals surface area contributed by atoms with Crippen LogP contribution in [0.3, 0.4) is 0 Å². The Hall–Kier alpha value is -0.120. The van der Waals surface area contributed by atoms with Gasteiger partial charge in [-0.2, -0.15) is 0 Å². The molecule has 0 radical (unpaired) electrons. The maximum absolute atomic E-state index is 5.46. The molecule has 1 unspecified atom stereocenters. The van der Waals surface area contributed by atoms with Gasteiger partial charge in [0, 0.05) is 25.7 Å². The first-order valence-corrected chi connectivity index (χ1v) is 6.37. The van der Waals surface area contributed by atoms with E-state index in [1.165, 1.54) is 25.8 Å². The van der Waals surface area contributed by atoms with E-state index in [0.717, 1.165) is 32.8 Å². The zero-order chi connectivity index (χ0) is 10.9. The van der Waals surface area contributed by atoms with Crippen molar-refractivity contribution in [2.45, 2.75) is 39.2 Å². The molecular weight excluding hydrogens is 188 g/mol. The number of nitrogens with zero attached hydrogens (tertiary/aromatic N) is 1. The van der Waals surface area contributed by atoms with Crippen LogP contribution in [0.1, 0.15) is 33.1 Å². The second-order valence-corrected chi connectivity index (χ2v) is 4.39. The minimum atomic E-state index is 0.691. The molecule has 1 fully saturated rings. The minimum absolute atomic E-state index is 0.691. The van der Waals surface area contributed by atoms with E-state index in [0.29, 0.717) is 6.04 Å². The number of nitrogens with one attached hydrogen (secondary N) is 1. The van der Waals surface area contributed by atoms with Crippen LogP contribution < -0.4 is 5.32 Å². The Morgan fingerprint density at radius 3 is 2.93 bits per heavy atom. The van der Waals surface area contributed by atoms with Crippen LogP contribution in [0.15, 0.2) is 0 Å². The third kappa shape index (κ3) is 5.50. The first-order chi connectivity index (χ1) is 7.34. The van der Waals surface area contributed by atoms with E-state index >= 15 is 0 Å². The van der Waals surface area contributed by atoms with Gasteiger partial charge in [-0.3, -0.25) is 4.90 Å². The molecule has 0 aromatic heterocycles. The summed E-state index contributed by atoms with van der Waals surface area (Å²) in [6.45, 7) is 11.0. The predicted octanol–water partition coefficient (Wildman–Crippen LogP) is 1.49. The molecule has 0 aliphatic carbocycles. The smallest absolute Gasteiger partial charge is 0.0593 e. The van der Waals surface area contributed by atoms with E-state index in [2.05, 4.69) is 24.1 Å². The topological polar surface area (TPSA) is 24.5 Å². The van der Waals surface area contributed by atoms with Gasteiger partial charge in [0.05, 0.1) is 6.61 Å². The highest BCUT2D eigenvalue weighted by atomic mass is 16.5. The molecule has 1 aliphatic heterocycles. The van der Waals surface area contributed by atoms with Crippen molar-refractivity contribution < 1.29 is 4.74 Å². The molecule has 0 aromatic carbocycles. The molecule has 1 rings (SSSR count). The van der Waals surface area contributed by atoms with Crippen LogP contribution in [0, 0.1) is 0 Å². The molecule has 90 valence electrons. The molecule has 1 aliphatic rings. The summed E-state index contributed by atoms with van der Waals surface area (Å²) in [4.78, 5) is 2.56. The van der Waals surface area contributed by atoms with Gasteiger partial charge >= 0.3 is 0 Å². The van der Waals surface area contributed by atoms with Gasteiger partial charge < -0.3 is 10.1 Å². The Labute approximate surface area is 94.2 Å². The van der Waals surface area contributed by atoms with Crippen molar-refractivity contribution in [3.05, 3.63) is 0 Å². The highest BCUT2D eigenvalue weighted by Gasteiger charge is 2.14. The van der Waals surface area contributed by atoms with Crippen LogP contribution in [-0.2, 0) is 4.74 Å². The van der Waals surface area contributed by atoms with Crippen LogP contribution in [0.5, 0.6) is 0 Å². The molecule has 1 heterocycles. The fourth-order valence-corrected chi connectivity index (χ4v) is 2.00. The van der Waals surface area contributed by atoms with Gasteiger partial charge in [-0.05, 0) is 39.3 Å². The van der Waals surface area contributed by atoms with E-state index in [9.17, 15) is 0 Å². The largest absolute Gasteiger partial charge is 0.380 e. The fraction of sp³-hybridized carbons (Fsp3) is 1.00. The molecule has 0 saturated carbocycles. The number of hydrogen-bond acceptors (Lipinski definition) is 3. The molecule has 3 heteroatoms. The van der Waals surface area contributed by atoms with Crippen molar-refractivity contribution in [2.24, 2.45) is 0 Å². The summed E-state index contributed by atoms with van der Waals surface area (Å²) in [5.74, 6) is 0. The van der Waals surface area contributed by atoms with Gasteiger partial charge in [0.25, 0.3) is 0 Å². The van der Waals surface area contributed by atoms with Gasteiger partial charge in [-0.1, -0.05) is 6.92 Å². The Morgan fingerprint density at radius 2 is 2.13 bits per heavy atom. The predicted molar refractivity (Wildman–Crippen MR) is 64.2 cm³/mol. The van der Waals surface area contributed by atoms with Gasteiger partial charge in [-0.15, -0.1) is 0 Å². The molecule has 15 heavy (non-hydrogen) atoms. The maximum atomic E-state index is 5.46. The first kappa shape index (κ1) is 12.9. The third-order valence-electron chi connectivity index (χ3n) is 3.05. The van der Waals surface area contributed by atoms with E-state index in [4.69, 9.17) is 4.74 Å². The Kier molecular flexibility index (Phi) is 6.98. The van der Waals surface area contributed by atoms with Crippen molar-refractivity contribution in [3.8, 4) is 0 Å². The molecule has 0 bridgehead atoms. The lowest BCUT2D eigenvalue weighted by Crippen LogP contribution is -2.37. The Balaban J connectivity index is 2.11. The average Bonchev–Trinajstić information content (AvgIpc) is 2.52. The Bertz CT molecular complexity index is 145. The fourth-order valence-electron chi connectivity index (χ4n) is 2.00. The molecule has 1 N–H and O–H groups in total. The van der Waals surface area contributed by atoms with E-state index in [-0.39, 0.29) is 0 Å². The maximum Gasteiger partial charge on any atom is 0.0593 e. The van der Waals surface area contributed by atoms with Crippen LogP contribution >= 0.6 is 0 Å². The zero-order valence-corrected chi connectivity index (χ0v) is 10.3. The third-order valence-corrected chi connectivity index (χ3v) is 3.05. The lowest BCUT2D eigenvalue weighted by Gasteiger charge is -2.27. The summed E-state index contributed by atoms with van der Waals surface area (Å²) in [7, 11) is 0. The normalized spacial score (nSPS) is 21.2. The summed E-state index contributed by atoms with van der Waals surface area (Å²) in [6, 6.07) is 0.691. The number of rotatable bonds is 6. The monoisotopic (exact) mass is 214 g/mol. The second-order valence-electron chi connectivity index (χ2n) is 4.39. The van der Waals surface area contributed by atoms with Gasteiger partial charge in [-0.25, -0.2) is 0 Å². The van der Waals surface area contributed by atoms with Crippen molar-refractivity contribution >= 4 is 0 Å². The minimum Gasteiger partial charge on any atom is -0.380 e. The lowest BCUT2D eigenvalue weighted by molar-refractivity contribution is 0.132. The van der Waals surface area contributed by atoms with Crippen molar-refractivity contribution in [1.82, 2.24) is 10.2 Å². The van der Waals surface area contributed by atoms with Crippen LogP contribution in [-0.4, -0.2) is 50.3 Å². The summed E-state index contributed by atoms with van der Waals surface area (Å²) in [5.41, 5.74) is 0. The first-order valence-electron chi connectivity index (χ1n) is 6.37. The van der Waals surface area contributed by atoms with Gasteiger partial charge in [0.2, 0.25) is 0 Å². The molecular formula is C12H26N2O. The van der Waals surface area contributed by atoms with Crippen molar-refractivity contribution in [2.75, 3.05) is 39.4 Å². The van der Waals surface area contributed by atoms with Crippen LogP contribution in [0.25, 0.3) is 0 Å². The molecule has 1 atom stereocenters. The summed E-state index contributed by atoms with van der Waals surface area (Å²) in [6.07, 6.45) is 3.67. The second kappa shape index (κ2) is 8.08. The lowest BCUT2D eigenvalue weighted by atomic mass is 10.2. The summed E-state index contributed by atoms with van der Waals surface area (Å²) in [5, 5.41) is 3.46. The molecule has 1 saturated heterocycles. The summed E-state index contributed by atoms with van der Waals surface area (Å²) >= 11 is 0. The van der Waals surface area contributed by atoms with E-state index in [1.807, 2.05) is 0 Å². The highest BCUT2D eigenvalue weighted by molar-refractivity contribution is 4.70. The van der Waals surface area contributed by atoms with Gasteiger partial charge in [0.1, 0.15) is 0 Å².